The molecule has 1 aliphatic rings. The molecule has 2 nitrogen and oxygen atoms in total. The summed E-state index contributed by atoms with van der Waals surface area (Å²) < 4.78 is 1.43. The third kappa shape index (κ3) is 1.49. The van der Waals surface area contributed by atoms with Crippen LogP contribution in [0.1, 0.15) is 23.3 Å². The topological polar surface area (TPSA) is 31.6 Å². The van der Waals surface area contributed by atoms with Crippen LogP contribution in [0.3, 0.4) is 0 Å². The second-order valence-corrected chi connectivity index (χ2v) is 5.74. The minimum Gasteiger partial charge on any atom is -0.324 e. The Labute approximate surface area is 101 Å². The highest BCUT2D eigenvalue weighted by Crippen LogP contribution is 2.35. The first kappa shape index (κ1) is 9.69. The zero-order valence-corrected chi connectivity index (χ0v) is 10.5. The third-order valence-electron chi connectivity index (χ3n) is 2.85. The number of hydrogen-bond donors (Lipinski definition) is 2. The van der Waals surface area contributed by atoms with Crippen molar-refractivity contribution in [2.45, 2.75) is 25.7 Å². The summed E-state index contributed by atoms with van der Waals surface area (Å²) in [5, 5.41) is 1.21. The van der Waals surface area contributed by atoms with Crippen LogP contribution in [0, 0.1) is 9.41 Å². The molecule has 0 aromatic carbocycles. The Kier molecular flexibility index (Phi) is 2.26. The van der Waals surface area contributed by atoms with E-state index in [0.29, 0.717) is 4.77 Å². The van der Waals surface area contributed by atoms with Gasteiger partial charge in [0.05, 0.1) is 0 Å². The lowest BCUT2D eigenvalue weighted by molar-refractivity contribution is 0.700. The summed E-state index contributed by atoms with van der Waals surface area (Å²) in [5.74, 6) is 0. The van der Waals surface area contributed by atoms with E-state index >= 15 is 0 Å². The van der Waals surface area contributed by atoms with Crippen molar-refractivity contribution < 1.29 is 0 Å². The second-order valence-electron chi connectivity index (χ2n) is 3.82. The molecule has 0 amide bonds. The standard InChI is InChI=1S/C10H10N2S3/c13-8-7-5-3-1-2-4-6(5)15-9(7)12-10(14)11-8/h1-4H2,(H2,11,12,13,14). The molecule has 78 valence electrons. The van der Waals surface area contributed by atoms with Crippen molar-refractivity contribution >= 4 is 46.0 Å². The molecule has 15 heavy (non-hydrogen) atoms. The predicted molar refractivity (Wildman–Crippen MR) is 68.8 cm³/mol. The SMILES string of the molecule is S=c1[nH]c(=S)c2c3c(sc2[nH]1)CCCC3. The van der Waals surface area contributed by atoms with Crippen LogP contribution < -0.4 is 0 Å². The predicted octanol–water partition coefficient (Wildman–Crippen LogP) is 3.90. The van der Waals surface area contributed by atoms with Crippen molar-refractivity contribution in [3.63, 3.8) is 0 Å². The van der Waals surface area contributed by atoms with Crippen LogP contribution in [-0.2, 0) is 12.8 Å². The molecule has 3 rings (SSSR count). The molecule has 2 N–H and O–H groups in total. The molecule has 0 fully saturated rings. The number of nitrogens with one attached hydrogen (secondary N) is 2. The second kappa shape index (κ2) is 3.50. The van der Waals surface area contributed by atoms with Crippen molar-refractivity contribution in [1.29, 1.82) is 0 Å². The molecule has 0 atom stereocenters. The van der Waals surface area contributed by atoms with E-state index in [-0.39, 0.29) is 0 Å². The Bertz CT molecular complexity index is 632. The van der Waals surface area contributed by atoms with Crippen molar-refractivity contribution in [3.8, 4) is 0 Å². The number of aromatic nitrogens is 2. The molecule has 0 spiro atoms. The van der Waals surface area contributed by atoms with Crippen molar-refractivity contribution in [2.24, 2.45) is 0 Å². The number of aromatic amines is 2. The molecule has 2 aromatic rings. The van der Waals surface area contributed by atoms with Gasteiger partial charge in [0.1, 0.15) is 9.47 Å². The van der Waals surface area contributed by atoms with Gasteiger partial charge in [-0.3, -0.25) is 0 Å². The van der Waals surface area contributed by atoms with Gasteiger partial charge in [-0.1, -0.05) is 12.2 Å². The van der Waals surface area contributed by atoms with Gasteiger partial charge in [0, 0.05) is 10.3 Å². The number of aryl methyl sites for hydroxylation is 2. The van der Waals surface area contributed by atoms with Crippen molar-refractivity contribution in [3.05, 3.63) is 19.9 Å². The normalized spacial score (nSPS) is 15.5. The minimum atomic E-state index is 0.631. The van der Waals surface area contributed by atoms with E-state index < -0.39 is 0 Å². The monoisotopic (exact) mass is 254 g/mol. The first-order valence-electron chi connectivity index (χ1n) is 5.02. The maximum Gasteiger partial charge on any atom is 0.176 e. The zero-order chi connectivity index (χ0) is 10.4. The van der Waals surface area contributed by atoms with Gasteiger partial charge >= 0.3 is 0 Å². The van der Waals surface area contributed by atoms with Gasteiger partial charge in [-0.15, -0.1) is 11.3 Å². The Hall–Kier alpha value is -0.520. The number of H-pyrrole nitrogens is 2. The Morgan fingerprint density at radius 2 is 1.87 bits per heavy atom. The van der Waals surface area contributed by atoms with Gasteiger partial charge in [-0.2, -0.15) is 0 Å². The average molecular weight is 254 g/mol. The maximum atomic E-state index is 5.34. The van der Waals surface area contributed by atoms with Crippen LogP contribution in [0.25, 0.3) is 10.2 Å². The summed E-state index contributed by atoms with van der Waals surface area (Å²) in [5.41, 5.74) is 1.45. The van der Waals surface area contributed by atoms with E-state index in [4.69, 9.17) is 24.4 Å². The molecular formula is C10H10N2S3. The quantitative estimate of drug-likeness (QED) is 0.699. The smallest absolute Gasteiger partial charge is 0.176 e. The van der Waals surface area contributed by atoms with E-state index in [1.54, 1.807) is 0 Å². The molecule has 0 unspecified atom stereocenters. The molecule has 0 aliphatic heterocycles. The van der Waals surface area contributed by atoms with Crippen LogP contribution in [0.2, 0.25) is 0 Å². The molecule has 2 aromatic heterocycles. The number of thiophene rings is 1. The van der Waals surface area contributed by atoms with Crippen LogP contribution in [0.4, 0.5) is 0 Å². The minimum absolute atomic E-state index is 0.631. The molecule has 0 saturated carbocycles. The molecule has 0 radical (unpaired) electrons. The lowest BCUT2D eigenvalue weighted by atomic mass is 9.97. The average Bonchev–Trinajstić information content (AvgIpc) is 2.54. The Morgan fingerprint density at radius 3 is 2.73 bits per heavy atom. The van der Waals surface area contributed by atoms with E-state index in [0.717, 1.165) is 15.9 Å². The van der Waals surface area contributed by atoms with Gasteiger partial charge in [0.15, 0.2) is 4.77 Å². The molecule has 2 heterocycles. The summed E-state index contributed by atoms with van der Waals surface area (Å²) in [7, 11) is 0. The highest BCUT2D eigenvalue weighted by Gasteiger charge is 2.17. The fourth-order valence-corrected chi connectivity index (χ4v) is 4.22. The van der Waals surface area contributed by atoms with Gasteiger partial charge in [0.2, 0.25) is 0 Å². The summed E-state index contributed by atoms with van der Waals surface area (Å²) >= 11 is 12.3. The highest BCUT2D eigenvalue weighted by molar-refractivity contribution is 7.72. The van der Waals surface area contributed by atoms with Gasteiger partial charge in [-0.05, 0) is 43.5 Å². The number of rotatable bonds is 0. The van der Waals surface area contributed by atoms with Crippen LogP contribution in [0.5, 0.6) is 0 Å². The van der Waals surface area contributed by atoms with Crippen molar-refractivity contribution in [2.75, 3.05) is 0 Å². The Balaban J connectivity index is 2.47. The largest absolute Gasteiger partial charge is 0.324 e. The van der Waals surface area contributed by atoms with Crippen molar-refractivity contribution in [1.82, 2.24) is 9.97 Å². The Morgan fingerprint density at radius 1 is 1.07 bits per heavy atom. The summed E-state index contributed by atoms with van der Waals surface area (Å²) in [6.07, 6.45) is 4.95. The molecule has 5 heteroatoms. The van der Waals surface area contributed by atoms with E-state index in [2.05, 4.69) is 9.97 Å². The van der Waals surface area contributed by atoms with E-state index in [1.807, 2.05) is 11.3 Å². The fraction of sp³-hybridized carbons (Fsp3) is 0.400. The van der Waals surface area contributed by atoms with Gasteiger partial charge in [-0.25, -0.2) is 0 Å². The number of hydrogen-bond acceptors (Lipinski definition) is 3. The first-order valence-corrected chi connectivity index (χ1v) is 6.66. The summed E-state index contributed by atoms with van der Waals surface area (Å²) in [6, 6.07) is 0. The molecule has 1 aliphatic carbocycles. The van der Waals surface area contributed by atoms with Crippen LogP contribution >= 0.6 is 35.8 Å². The van der Waals surface area contributed by atoms with Gasteiger partial charge < -0.3 is 9.97 Å². The van der Waals surface area contributed by atoms with Gasteiger partial charge in [0.25, 0.3) is 0 Å². The lowest BCUT2D eigenvalue weighted by Gasteiger charge is -2.09. The van der Waals surface area contributed by atoms with Crippen LogP contribution in [-0.4, -0.2) is 9.97 Å². The third-order valence-corrected chi connectivity index (χ3v) is 4.57. The maximum absolute atomic E-state index is 5.34. The highest BCUT2D eigenvalue weighted by atomic mass is 32.1. The first-order chi connectivity index (χ1) is 7.25. The zero-order valence-electron chi connectivity index (χ0n) is 8.05. The van der Waals surface area contributed by atoms with E-state index in [1.165, 1.54) is 35.1 Å². The molecule has 0 bridgehead atoms. The van der Waals surface area contributed by atoms with Crippen LogP contribution in [0.15, 0.2) is 0 Å². The fourth-order valence-electron chi connectivity index (χ4n) is 2.19. The lowest BCUT2D eigenvalue weighted by Crippen LogP contribution is -1.98. The molecular weight excluding hydrogens is 244 g/mol. The number of fused-ring (bicyclic) bond motifs is 3. The van der Waals surface area contributed by atoms with E-state index in [9.17, 15) is 0 Å². The summed E-state index contributed by atoms with van der Waals surface area (Å²) in [4.78, 5) is 8.87. The summed E-state index contributed by atoms with van der Waals surface area (Å²) in [6.45, 7) is 0. The molecule has 0 saturated heterocycles.